The zero-order chi connectivity index (χ0) is 18.3. The van der Waals surface area contributed by atoms with E-state index >= 15 is 0 Å². The smallest absolute Gasteiger partial charge is 0.338 e. The molecule has 1 atom stereocenters. The summed E-state index contributed by atoms with van der Waals surface area (Å²) in [6.07, 6.45) is 1.76. The molecule has 0 fully saturated rings. The first-order valence-electron chi connectivity index (χ1n) is 7.68. The van der Waals surface area contributed by atoms with Gasteiger partial charge in [0.2, 0.25) is 0 Å². The van der Waals surface area contributed by atoms with Gasteiger partial charge in [0.1, 0.15) is 5.69 Å². The molecule has 1 aromatic rings. The van der Waals surface area contributed by atoms with Gasteiger partial charge in [-0.1, -0.05) is 13.3 Å². The molecule has 0 aliphatic heterocycles. The van der Waals surface area contributed by atoms with Crippen LogP contribution in [-0.2, 0) is 9.53 Å². The minimum atomic E-state index is -0.776. The highest BCUT2D eigenvalue weighted by Gasteiger charge is 2.20. The highest BCUT2D eigenvalue weighted by Crippen LogP contribution is 2.27. The largest absolute Gasteiger partial charge is 0.452 e. The third-order valence-corrected chi connectivity index (χ3v) is 3.35. The molecule has 1 N–H and O–H groups in total. The van der Waals surface area contributed by atoms with E-state index in [1.54, 1.807) is 19.0 Å². The van der Waals surface area contributed by atoms with E-state index in [4.69, 9.17) is 4.74 Å². The summed E-state index contributed by atoms with van der Waals surface area (Å²) in [6.45, 7) is 3.45. The lowest BCUT2D eigenvalue weighted by atomic mass is 10.1. The lowest BCUT2D eigenvalue weighted by Crippen LogP contribution is -2.35. The Hall–Kier alpha value is -2.64. The Morgan fingerprint density at radius 2 is 2.04 bits per heavy atom. The van der Waals surface area contributed by atoms with E-state index in [1.807, 2.05) is 13.8 Å². The number of amides is 1. The van der Waals surface area contributed by atoms with Crippen LogP contribution in [0.25, 0.3) is 0 Å². The van der Waals surface area contributed by atoms with Crippen LogP contribution in [0.15, 0.2) is 18.2 Å². The summed E-state index contributed by atoms with van der Waals surface area (Å²) in [5, 5.41) is 13.8. The number of esters is 1. The monoisotopic (exact) mass is 337 g/mol. The summed E-state index contributed by atoms with van der Waals surface area (Å²) < 4.78 is 4.92. The molecule has 0 aromatic heterocycles. The number of rotatable bonds is 8. The number of carbonyl (C=O) groups is 2. The van der Waals surface area contributed by atoms with E-state index in [9.17, 15) is 19.7 Å². The van der Waals surface area contributed by atoms with Crippen LogP contribution >= 0.6 is 0 Å². The average molecular weight is 337 g/mol. The third kappa shape index (κ3) is 5.53. The maximum absolute atomic E-state index is 12.0. The topological polar surface area (TPSA) is 102 Å². The van der Waals surface area contributed by atoms with Crippen molar-refractivity contribution in [2.75, 3.05) is 25.6 Å². The van der Waals surface area contributed by atoms with Crippen molar-refractivity contribution in [3.63, 3.8) is 0 Å². The fourth-order valence-corrected chi connectivity index (χ4v) is 2.21. The number of carbonyl (C=O) groups excluding carboxylic acids is 2. The molecular formula is C16H23N3O5. The predicted molar refractivity (Wildman–Crippen MR) is 90.2 cm³/mol. The Morgan fingerprint density at radius 1 is 1.38 bits per heavy atom. The van der Waals surface area contributed by atoms with Crippen LogP contribution in [-0.4, -0.2) is 43.5 Å². The molecule has 1 rings (SSSR count). The van der Waals surface area contributed by atoms with Gasteiger partial charge in [-0.3, -0.25) is 14.9 Å². The Balaban J connectivity index is 2.73. The van der Waals surface area contributed by atoms with Gasteiger partial charge in [0.15, 0.2) is 6.61 Å². The van der Waals surface area contributed by atoms with Crippen molar-refractivity contribution in [3.8, 4) is 0 Å². The number of anilines is 1. The fraction of sp³-hybridized carbons (Fsp3) is 0.500. The molecule has 0 saturated heterocycles. The van der Waals surface area contributed by atoms with E-state index in [1.165, 1.54) is 12.1 Å². The second kappa shape index (κ2) is 8.85. The zero-order valence-corrected chi connectivity index (χ0v) is 14.4. The normalized spacial score (nSPS) is 11.5. The molecule has 0 spiro atoms. The molecular weight excluding hydrogens is 314 g/mol. The Kier molecular flexibility index (Phi) is 7.16. The predicted octanol–water partition coefficient (Wildman–Crippen LogP) is 2.12. The molecule has 24 heavy (non-hydrogen) atoms. The maximum Gasteiger partial charge on any atom is 0.338 e. The van der Waals surface area contributed by atoms with Gasteiger partial charge in [0.05, 0.1) is 10.5 Å². The molecule has 0 unspecified atom stereocenters. The summed E-state index contributed by atoms with van der Waals surface area (Å²) in [5.74, 6) is -1.18. The summed E-state index contributed by atoms with van der Waals surface area (Å²) in [5.41, 5.74) is 0.208. The van der Waals surface area contributed by atoms with Crippen LogP contribution < -0.4 is 10.2 Å². The first-order valence-corrected chi connectivity index (χ1v) is 7.68. The van der Waals surface area contributed by atoms with Crippen LogP contribution in [0.5, 0.6) is 0 Å². The number of ether oxygens (including phenoxy) is 1. The number of hydrogen-bond acceptors (Lipinski definition) is 6. The van der Waals surface area contributed by atoms with Crippen molar-refractivity contribution >= 4 is 23.3 Å². The molecule has 0 radical (unpaired) electrons. The Labute approximate surface area is 140 Å². The number of nitro groups is 1. The Morgan fingerprint density at radius 3 is 2.58 bits per heavy atom. The first-order chi connectivity index (χ1) is 11.3. The van der Waals surface area contributed by atoms with Crippen LogP contribution in [0.1, 0.15) is 37.0 Å². The minimum absolute atomic E-state index is 0.00154. The molecule has 1 amide bonds. The number of benzene rings is 1. The lowest BCUT2D eigenvalue weighted by molar-refractivity contribution is -0.384. The highest BCUT2D eigenvalue weighted by molar-refractivity contribution is 5.93. The van der Waals surface area contributed by atoms with E-state index in [0.717, 1.165) is 18.9 Å². The van der Waals surface area contributed by atoms with Crippen LogP contribution in [0.2, 0.25) is 0 Å². The summed E-state index contributed by atoms with van der Waals surface area (Å²) in [7, 11) is 3.34. The molecule has 132 valence electrons. The number of hydrogen-bond donors (Lipinski definition) is 1. The quantitative estimate of drug-likeness (QED) is 0.443. The van der Waals surface area contributed by atoms with Gasteiger partial charge in [-0.2, -0.15) is 0 Å². The summed E-state index contributed by atoms with van der Waals surface area (Å²) >= 11 is 0. The molecule has 0 bridgehead atoms. The van der Waals surface area contributed by atoms with Gasteiger partial charge >= 0.3 is 5.97 Å². The van der Waals surface area contributed by atoms with Gasteiger partial charge in [-0.05, 0) is 25.5 Å². The molecule has 0 aliphatic carbocycles. The van der Waals surface area contributed by atoms with Crippen LogP contribution in [0, 0.1) is 10.1 Å². The zero-order valence-electron chi connectivity index (χ0n) is 14.4. The molecule has 1 aromatic carbocycles. The van der Waals surface area contributed by atoms with Crippen molar-refractivity contribution in [2.24, 2.45) is 0 Å². The average Bonchev–Trinajstić information content (AvgIpc) is 2.51. The molecule has 8 heteroatoms. The first kappa shape index (κ1) is 19.4. The summed E-state index contributed by atoms with van der Waals surface area (Å²) in [4.78, 5) is 35.8. The highest BCUT2D eigenvalue weighted by atomic mass is 16.6. The number of nitrogens with one attached hydrogen (secondary N) is 1. The maximum atomic E-state index is 12.0. The second-order valence-electron chi connectivity index (χ2n) is 5.69. The van der Waals surface area contributed by atoms with Crippen LogP contribution in [0.3, 0.4) is 0 Å². The van der Waals surface area contributed by atoms with Gasteiger partial charge < -0.3 is 15.0 Å². The Bertz CT molecular complexity index is 616. The fourth-order valence-electron chi connectivity index (χ4n) is 2.21. The van der Waals surface area contributed by atoms with Crippen LogP contribution in [0.4, 0.5) is 11.4 Å². The molecule has 8 nitrogen and oxygen atoms in total. The summed E-state index contributed by atoms with van der Waals surface area (Å²) in [6, 6.07) is 4.05. The minimum Gasteiger partial charge on any atom is -0.452 e. The van der Waals surface area contributed by atoms with Crippen molar-refractivity contribution in [2.45, 2.75) is 32.7 Å². The van der Waals surface area contributed by atoms with Gasteiger partial charge in [0.25, 0.3) is 11.6 Å². The van der Waals surface area contributed by atoms with Crippen molar-refractivity contribution in [1.82, 2.24) is 5.32 Å². The lowest BCUT2D eigenvalue weighted by Gasteiger charge is -2.14. The molecule has 0 saturated carbocycles. The third-order valence-electron chi connectivity index (χ3n) is 3.35. The number of nitrogens with zero attached hydrogens (tertiary/aromatic N) is 2. The van der Waals surface area contributed by atoms with Crippen molar-refractivity contribution < 1.29 is 19.2 Å². The molecule has 0 aliphatic rings. The van der Waals surface area contributed by atoms with E-state index in [0.29, 0.717) is 5.69 Å². The second-order valence-corrected chi connectivity index (χ2v) is 5.69. The van der Waals surface area contributed by atoms with Crippen molar-refractivity contribution in [1.29, 1.82) is 0 Å². The van der Waals surface area contributed by atoms with Gasteiger partial charge in [0, 0.05) is 26.2 Å². The SMILES string of the molecule is CCC[C@@H](C)NC(=O)COC(=O)c1ccc(N(C)C)c([N+](=O)[O-])c1. The molecule has 0 heterocycles. The van der Waals surface area contributed by atoms with Gasteiger partial charge in [-0.25, -0.2) is 4.79 Å². The number of nitro benzene ring substituents is 1. The van der Waals surface area contributed by atoms with Crippen molar-refractivity contribution in [3.05, 3.63) is 33.9 Å². The van der Waals surface area contributed by atoms with E-state index in [-0.39, 0.29) is 17.3 Å². The van der Waals surface area contributed by atoms with E-state index in [2.05, 4.69) is 5.32 Å². The van der Waals surface area contributed by atoms with Gasteiger partial charge in [-0.15, -0.1) is 0 Å². The standard InChI is InChI=1S/C16H23N3O5/c1-5-6-11(2)17-15(20)10-24-16(21)12-7-8-13(18(3)4)14(9-12)19(22)23/h7-9,11H,5-6,10H2,1-4H3,(H,17,20)/t11-/m1/s1. The van der Waals surface area contributed by atoms with E-state index < -0.39 is 23.4 Å².